The quantitative estimate of drug-likeness (QED) is 0.719. The molecule has 1 aliphatic rings. The first-order valence-corrected chi connectivity index (χ1v) is 5.73. The molecule has 0 saturated heterocycles. The van der Waals surface area contributed by atoms with Crippen LogP contribution in [-0.2, 0) is 6.42 Å². The van der Waals surface area contributed by atoms with Gasteiger partial charge in [-0.25, -0.2) is 0 Å². The van der Waals surface area contributed by atoms with Crippen molar-refractivity contribution in [2.75, 3.05) is 13.1 Å². The average Bonchev–Trinajstić information content (AvgIpc) is 2.38. The molecule has 0 N–H and O–H groups in total. The summed E-state index contributed by atoms with van der Waals surface area (Å²) in [6.07, 6.45) is 6.14. The maximum atomic E-state index is 9.03. The molecule has 2 nitrogen and oxygen atoms in total. The van der Waals surface area contributed by atoms with Crippen LogP contribution in [0.1, 0.15) is 12.0 Å². The number of hydrogen-bond donors (Lipinski definition) is 0. The van der Waals surface area contributed by atoms with Crippen LogP contribution in [0, 0.1) is 11.3 Å². The molecule has 0 aliphatic carbocycles. The molecule has 1 heterocycles. The van der Waals surface area contributed by atoms with E-state index in [9.17, 15) is 0 Å². The molecule has 0 unspecified atom stereocenters. The van der Waals surface area contributed by atoms with Crippen molar-refractivity contribution in [2.45, 2.75) is 18.9 Å². The third kappa shape index (κ3) is 2.71. The van der Waals surface area contributed by atoms with Crippen LogP contribution in [-0.4, -0.2) is 24.0 Å². The molecule has 0 radical (unpaired) electrons. The Kier molecular flexibility index (Phi) is 3.74. The van der Waals surface area contributed by atoms with E-state index in [1.807, 2.05) is 6.07 Å². The van der Waals surface area contributed by atoms with Crippen LogP contribution in [0.2, 0.25) is 0 Å². The highest BCUT2D eigenvalue weighted by atomic mass is 15.1. The first-order chi connectivity index (χ1) is 7.90. The highest BCUT2D eigenvalue weighted by Crippen LogP contribution is 2.11. The van der Waals surface area contributed by atoms with E-state index in [0.29, 0.717) is 0 Å². The van der Waals surface area contributed by atoms with Gasteiger partial charge in [-0.3, -0.25) is 4.90 Å². The minimum atomic E-state index is 0.0636. The van der Waals surface area contributed by atoms with Gasteiger partial charge in [0, 0.05) is 13.1 Å². The first-order valence-electron chi connectivity index (χ1n) is 5.73. The third-order valence-electron chi connectivity index (χ3n) is 2.99. The molecule has 1 aromatic rings. The van der Waals surface area contributed by atoms with E-state index >= 15 is 0 Å². The summed E-state index contributed by atoms with van der Waals surface area (Å²) in [6, 6.07) is 12.9. The van der Waals surface area contributed by atoms with Crippen molar-refractivity contribution in [3.8, 4) is 6.07 Å². The zero-order valence-corrected chi connectivity index (χ0v) is 9.34. The van der Waals surface area contributed by atoms with E-state index < -0.39 is 0 Å². The van der Waals surface area contributed by atoms with Crippen LogP contribution in [0.3, 0.4) is 0 Å². The second-order valence-electron chi connectivity index (χ2n) is 4.08. The fraction of sp³-hybridized carbons (Fsp3) is 0.357. The molecular formula is C14H16N2. The van der Waals surface area contributed by atoms with Gasteiger partial charge in [-0.2, -0.15) is 5.26 Å². The van der Waals surface area contributed by atoms with Gasteiger partial charge >= 0.3 is 0 Å². The zero-order chi connectivity index (χ0) is 11.2. The molecule has 0 saturated carbocycles. The highest BCUT2D eigenvalue weighted by Gasteiger charge is 2.17. The Balaban J connectivity index is 1.90. The summed E-state index contributed by atoms with van der Waals surface area (Å²) in [5, 5.41) is 9.03. The maximum absolute atomic E-state index is 9.03. The van der Waals surface area contributed by atoms with Crippen molar-refractivity contribution in [3.63, 3.8) is 0 Å². The van der Waals surface area contributed by atoms with Crippen LogP contribution in [0.25, 0.3) is 0 Å². The van der Waals surface area contributed by atoms with Gasteiger partial charge in [-0.1, -0.05) is 42.5 Å². The number of nitrogens with zero attached hydrogens (tertiary/aromatic N) is 2. The minimum absolute atomic E-state index is 0.0636. The summed E-state index contributed by atoms with van der Waals surface area (Å²) in [5.41, 5.74) is 1.34. The van der Waals surface area contributed by atoms with E-state index in [1.165, 1.54) is 5.56 Å². The number of benzene rings is 1. The molecule has 1 aromatic carbocycles. The lowest BCUT2D eigenvalue weighted by Crippen LogP contribution is -2.37. The Hall–Kier alpha value is -1.59. The van der Waals surface area contributed by atoms with Gasteiger partial charge in [0.25, 0.3) is 0 Å². The Bertz CT molecular complexity index is 389. The molecule has 0 fully saturated rings. The molecule has 0 spiro atoms. The second kappa shape index (κ2) is 5.48. The summed E-state index contributed by atoms with van der Waals surface area (Å²) in [4.78, 5) is 2.24. The van der Waals surface area contributed by atoms with Crippen molar-refractivity contribution in [2.24, 2.45) is 0 Å². The molecule has 2 heteroatoms. The van der Waals surface area contributed by atoms with Crippen molar-refractivity contribution < 1.29 is 0 Å². The zero-order valence-electron chi connectivity index (χ0n) is 9.34. The van der Waals surface area contributed by atoms with Crippen molar-refractivity contribution in [1.82, 2.24) is 4.90 Å². The molecule has 16 heavy (non-hydrogen) atoms. The second-order valence-corrected chi connectivity index (χ2v) is 4.08. The van der Waals surface area contributed by atoms with Crippen molar-refractivity contribution in [3.05, 3.63) is 48.0 Å². The molecule has 0 amide bonds. The van der Waals surface area contributed by atoms with Gasteiger partial charge in [-0.05, 0) is 18.4 Å². The molecule has 0 bridgehead atoms. The van der Waals surface area contributed by atoms with Crippen LogP contribution in [0.15, 0.2) is 42.5 Å². The first kappa shape index (κ1) is 10.9. The lowest BCUT2D eigenvalue weighted by molar-refractivity contribution is 0.253. The molecule has 1 aliphatic heterocycles. The molecule has 0 aromatic heterocycles. The number of rotatable bonds is 3. The van der Waals surface area contributed by atoms with E-state index in [0.717, 1.165) is 25.9 Å². The molecule has 82 valence electrons. The number of nitriles is 1. The monoisotopic (exact) mass is 212 g/mol. The summed E-state index contributed by atoms with van der Waals surface area (Å²) >= 11 is 0. The summed E-state index contributed by atoms with van der Waals surface area (Å²) < 4.78 is 0. The smallest absolute Gasteiger partial charge is 0.101 e. The van der Waals surface area contributed by atoms with E-state index in [4.69, 9.17) is 5.26 Å². The summed E-state index contributed by atoms with van der Waals surface area (Å²) in [7, 11) is 0. The van der Waals surface area contributed by atoms with E-state index in [1.54, 1.807) is 0 Å². The van der Waals surface area contributed by atoms with Gasteiger partial charge in [0.2, 0.25) is 0 Å². The standard InChI is InChI=1S/C14H16N2/c15-12-14-8-4-5-10-16(14)11-9-13-6-2-1-3-7-13/h1-7,14H,8-11H2/t14-/m1/s1. The average molecular weight is 212 g/mol. The molecule has 2 rings (SSSR count). The molecular weight excluding hydrogens is 196 g/mol. The van der Waals surface area contributed by atoms with Crippen LogP contribution >= 0.6 is 0 Å². The van der Waals surface area contributed by atoms with Crippen molar-refractivity contribution in [1.29, 1.82) is 5.26 Å². The normalized spacial score (nSPS) is 20.6. The van der Waals surface area contributed by atoms with E-state index in [-0.39, 0.29) is 6.04 Å². The largest absolute Gasteiger partial charge is 0.284 e. The lowest BCUT2D eigenvalue weighted by atomic mass is 10.1. The van der Waals surface area contributed by atoms with Gasteiger partial charge in [0.1, 0.15) is 6.04 Å². The van der Waals surface area contributed by atoms with Gasteiger partial charge in [0.05, 0.1) is 6.07 Å². The fourth-order valence-corrected chi connectivity index (χ4v) is 2.01. The Labute approximate surface area is 96.8 Å². The lowest BCUT2D eigenvalue weighted by Gasteiger charge is -2.27. The predicted octanol–water partition coefficient (Wildman–Crippen LogP) is 2.38. The Morgan fingerprint density at radius 1 is 1.25 bits per heavy atom. The summed E-state index contributed by atoms with van der Waals surface area (Å²) in [6.45, 7) is 1.87. The maximum Gasteiger partial charge on any atom is 0.101 e. The van der Waals surface area contributed by atoms with Crippen LogP contribution in [0.5, 0.6) is 0 Å². The molecule has 1 atom stereocenters. The minimum Gasteiger partial charge on any atom is -0.284 e. The van der Waals surface area contributed by atoms with Crippen LogP contribution in [0.4, 0.5) is 0 Å². The Morgan fingerprint density at radius 3 is 2.81 bits per heavy atom. The Morgan fingerprint density at radius 2 is 2.06 bits per heavy atom. The highest BCUT2D eigenvalue weighted by molar-refractivity contribution is 5.15. The summed E-state index contributed by atoms with van der Waals surface area (Å²) in [5.74, 6) is 0. The van der Waals surface area contributed by atoms with Crippen LogP contribution < -0.4 is 0 Å². The van der Waals surface area contributed by atoms with Gasteiger partial charge < -0.3 is 0 Å². The number of hydrogen-bond acceptors (Lipinski definition) is 2. The third-order valence-corrected chi connectivity index (χ3v) is 2.99. The van der Waals surface area contributed by atoms with Crippen molar-refractivity contribution >= 4 is 0 Å². The predicted molar refractivity (Wildman–Crippen MR) is 64.9 cm³/mol. The fourth-order valence-electron chi connectivity index (χ4n) is 2.01. The van der Waals surface area contributed by atoms with E-state index in [2.05, 4.69) is 47.4 Å². The SMILES string of the molecule is N#C[C@H]1CC=CCN1CCc1ccccc1. The van der Waals surface area contributed by atoms with Gasteiger partial charge in [-0.15, -0.1) is 0 Å². The topological polar surface area (TPSA) is 27.0 Å². The van der Waals surface area contributed by atoms with Gasteiger partial charge in [0.15, 0.2) is 0 Å².